The number of nitrogens with zero attached hydrogens (tertiary/aromatic N) is 1. The fraction of sp³-hybridized carbons (Fsp3) is 0.538. The second-order valence-corrected chi connectivity index (χ2v) is 8.56. The zero-order valence-electron chi connectivity index (χ0n) is 10.9. The maximum absolute atomic E-state index is 13.8. The molecule has 3 nitrogen and oxygen atoms in total. The molecular formula is C13H13BrF3NO2S. The highest BCUT2D eigenvalue weighted by atomic mass is 79.9. The van der Waals surface area contributed by atoms with Crippen LogP contribution in [0.5, 0.6) is 0 Å². The molecule has 2 unspecified atom stereocenters. The molecule has 116 valence electrons. The van der Waals surface area contributed by atoms with Gasteiger partial charge in [0.25, 0.3) is 0 Å². The third kappa shape index (κ3) is 2.51. The van der Waals surface area contributed by atoms with Gasteiger partial charge in [-0.25, -0.2) is 21.6 Å². The third-order valence-electron chi connectivity index (χ3n) is 4.11. The van der Waals surface area contributed by atoms with Gasteiger partial charge < -0.3 is 0 Å². The molecule has 2 aliphatic heterocycles. The first-order valence-electron chi connectivity index (χ1n) is 6.63. The molecule has 3 rings (SSSR count). The first-order valence-corrected chi connectivity index (χ1v) is 8.98. The van der Waals surface area contributed by atoms with Gasteiger partial charge in [0, 0.05) is 29.0 Å². The smallest absolute Gasteiger partial charge is 0.207 e. The van der Waals surface area contributed by atoms with Crippen LogP contribution in [0.15, 0.2) is 17.0 Å². The van der Waals surface area contributed by atoms with Crippen LogP contribution in [0.4, 0.5) is 13.2 Å². The first-order chi connectivity index (χ1) is 9.80. The van der Waals surface area contributed by atoms with Gasteiger partial charge in [-0.3, -0.25) is 0 Å². The summed E-state index contributed by atoms with van der Waals surface area (Å²) < 4.78 is 67.0. The van der Waals surface area contributed by atoms with Gasteiger partial charge in [0.2, 0.25) is 10.0 Å². The van der Waals surface area contributed by atoms with Gasteiger partial charge in [-0.2, -0.15) is 4.31 Å². The second kappa shape index (κ2) is 5.24. The van der Waals surface area contributed by atoms with Gasteiger partial charge in [0.1, 0.15) is 17.5 Å². The summed E-state index contributed by atoms with van der Waals surface area (Å²) in [5, 5.41) is 0. The van der Waals surface area contributed by atoms with Crippen molar-refractivity contribution in [3.8, 4) is 0 Å². The molecule has 2 heterocycles. The van der Waals surface area contributed by atoms with Crippen LogP contribution in [0.1, 0.15) is 25.7 Å². The Morgan fingerprint density at radius 2 is 1.52 bits per heavy atom. The number of sulfonamides is 1. The van der Waals surface area contributed by atoms with Crippen molar-refractivity contribution in [3.05, 3.63) is 29.6 Å². The van der Waals surface area contributed by atoms with Crippen LogP contribution < -0.4 is 0 Å². The first kappa shape index (κ1) is 15.3. The fourth-order valence-corrected chi connectivity index (χ4v) is 6.19. The van der Waals surface area contributed by atoms with Crippen LogP contribution in [0.3, 0.4) is 0 Å². The predicted octanol–water partition coefficient (Wildman–Crippen LogP) is 3.18. The molecular weight excluding hydrogens is 371 g/mol. The summed E-state index contributed by atoms with van der Waals surface area (Å²) in [5.41, 5.74) is 0. The normalized spacial score (nSPS) is 29.8. The molecule has 2 saturated heterocycles. The summed E-state index contributed by atoms with van der Waals surface area (Å²) in [6, 6.07) is 0.272. The lowest BCUT2D eigenvalue weighted by atomic mass is 10.1. The zero-order chi connectivity index (χ0) is 15.4. The fourth-order valence-electron chi connectivity index (χ4n) is 3.34. The minimum Gasteiger partial charge on any atom is -0.207 e. The monoisotopic (exact) mass is 383 g/mol. The molecule has 1 aromatic rings. The standard InChI is InChI=1S/C13H13BrF3NO2S/c14-7-3-9-1-2-10(4-7)18(9)21(19,20)13-11(16)5-8(15)6-12(13)17/h5-7,9-10H,1-4H2. The highest BCUT2D eigenvalue weighted by Gasteiger charge is 2.48. The van der Waals surface area contributed by atoms with Crippen molar-refractivity contribution in [1.82, 2.24) is 4.31 Å². The van der Waals surface area contributed by atoms with Gasteiger partial charge in [0.05, 0.1) is 0 Å². The lowest BCUT2D eigenvalue weighted by molar-refractivity contribution is 0.253. The SMILES string of the molecule is O=S(=O)(c1c(F)cc(F)cc1F)N1C2CCC1CC(Br)C2. The number of hydrogen-bond acceptors (Lipinski definition) is 2. The summed E-state index contributed by atoms with van der Waals surface area (Å²) in [7, 11) is -4.30. The zero-order valence-corrected chi connectivity index (χ0v) is 13.3. The van der Waals surface area contributed by atoms with Crippen molar-refractivity contribution in [1.29, 1.82) is 0 Å². The van der Waals surface area contributed by atoms with E-state index in [4.69, 9.17) is 0 Å². The maximum Gasteiger partial charge on any atom is 0.249 e. The van der Waals surface area contributed by atoms with E-state index >= 15 is 0 Å². The van der Waals surface area contributed by atoms with Gasteiger partial charge >= 0.3 is 0 Å². The number of benzene rings is 1. The molecule has 2 bridgehead atoms. The molecule has 2 fully saturated rings. The molecule has 0 N–H and O–H groups in total. The quantitative estimate of drug-likeness (QED) is 0.735. The van der Waals surface area contributed by atoms with Gasteiger partial charge in [-0.05, 0) is 25.7 Å². The van der Waals surface area contributed by atoms with Crippen molar-refractivity contribution in [2.24, 2.45) is 0 Å². The molecule has 0 aliphatic carbocycles. The predicted molar refractivity (Wildman–Crippen MR) is 74.1 cm³/mol. The van der Waals surface area contributed by atoms with Crippen LogP contribution in [-0.2, 0) is 10.0 Å². The van der Waals surface area contributed by atoms with E-state index in [0.717, 1.165) is 0 Å². The highest BCUT2D eigenvalue weighted by molar-refractivity contribution is 9.09. The van der Waals surface area contributed by atoms with Gasteiger partial charge in [-0.15, -0.1) is 0 Å². The largest absolute Gasteiger partial charge is 0.249 e. The van der Waals surface area contributed by atoms with E-state index < -0.39 is 32.4 Å². The molecule has 8 heteroatoms. The Balaban J connectivity index is 2.06. The molecule has 0 spiro atoms. The molecule has 21 heavy (non-hydrogen) atoms. The van der Waals surface area contributed by atoms with E-state index in [1.807, 2.05) is 0 Å². The molecule has 2 atom stereocenters. The van der Waals surface area contributed by atoms with Crippen molar-refractivity contribution in [2.45, 2.75) is 47.5 Å². The van der Waals surface area contributed by atoms with E-state index in [9.17, 15) is 21.6 Å². The van der Waals surface area contributed by atoms with Crippen LogP contribution in [-0.4, -0.2) is 29.6 Å². The van der Waals surface area contributed by atoms with Crippen LogP contribution in [0.25, 0.3) is 0 Å². The number of fused-ring (bicyclic) bond motifs is 2. The molecule has 1 aromatic carbocycles. The Morgan fingerprint density at radius 1 is 1.05 bits per heavy atom. The van der Waals surface area contributed by atoms with Gasteiger partial charge in [-0.1, -0.05) is 15.9 Å². The Labute approximate surface area is 129 Å². The topological polar surface area (TPSA) is 37.4 Å². The summed E-state index contributed by atoms with van der Waals surface area (Å²) in [4.78, 5) is -0.835. The molecule has 0 amide bonds. The van der Waals surface area contributed by atoms with Crippen LogP contribution >= 0.6 is 15.9 Å². The summed E-state index contributed by atoms with van der Waals surface area (Å²) in [6.07, 6.45) is 2.58. The lowest BCUT2D eigenvalue weighted by Crippen LogP contribution is -2.47. The van der Waals surface area contributed by atoms with E-state index in [1.54, 1.807) is 0 Å². The van der Waals surface area contributed by atoms with E-state index in [-0.39, 0.29) is 16.9 Å². The van der Waals surface area contributed by atoms with Crippen molar-refractivity contribution >= 4 is 26.0 Å². The molecule has 0 radical (unpaired) electrons. The molecule has 0 aromatic heterocycles. The van der Waals surface area contributed by atoms with E-state index in [1.165, 1.54) is 4.31 Å². The Bertz CT molecular complexity index is 645. The number of hydrogen-bond donors (Lipinski definition) is 0. The second-order valence-electron chi connectivity index (χ2n) is 5.49. The van der Waals surface area contributed by atoms with Crippen molar-refractivity contribution in [3.63, 3.8) is 0 Å². The molecule has 0 saturated carbocycles. The number of halogens is 4. The number of rotatable bonds is 2. The van der Waals surface area contributed by atoms with Crippen LogP contribution in [0.2, 0.25) is 0 Å². The van der Waals surface area contributed by atoms with E-state index in [0.29, 0.717) is 37.8 Å². The minimum absolute atomic E-state index is 0.212. The Hall–Kier alpha value is -0.600. The summed E-state index contributed by atoms with van der Waals surface area (Å²) in [6.45, 7) is 0. The molecule has 2 aliphatic rings. The summed E-state index contributed by atoms with van der Waals surface area (Å²) in [5.74, 6) is -3.90. The maximum atomic E-state index is 13.8. The van der Waals surface area contributed by atoms with Gasteiger partial charge in [0.15, 0.2) is 4.90 Å². The average molecular weight is 384 g/mol. The highest BCUT2D eigenvalue weighted by Crippen LogP contribution is 2.42. The third-order valence-corrected chi connectivity index (χ3v) is 6.91. The van der Waals surface area contributed by atoms with Crippen molar-refractivity contribution < 1.29 is 21.6 Å². The number of alkyl halides is 1. The van der Waals surface area contributed by atoms with Crippen molar-refractivity contribution in [2.75, 3.05) is 0 Å². The lowest BCUT2D eigenvalue weighted by Gasteiger charge is -2.36. The van der Waals surface area contributed by atoms with Crippen LogP contribution in [0, 0.1) is 17.5 Å². The summed E-state index contributed by atoms with van der Waals surface area (Å²) >= 11 is 3.48. The minimum atomic E-state index is -4.30. The number of piperidine rings is 1. The Kier molecular flexibility index (Phi) is 3.82. The van der Waals surface area contributed by atoms with E-state index in [2.05, 4.69) is 15.9 Å². The average Bonchev–Trinajstić information content (AvgIpc) is 2.61. The Morgan fingerprint density at radius 3 is 2.00 bits per heavy atom.